The van der Waals surface area contributed by atoms with Crippen molar-refractivity contribution in [2.24, 2.45) is 5.10 Å². The number of hydrogen-bond acceptors (Lipinski definition) is 8. The van der Waals surface area contributed by atoms with Gasteiger partial charge < -0.3 is 24.3 Å². The van der Waals surface area contributed by atoms with Crippen LogP contribution in [0.1, 0.15) is 15.9 Å². The van der Waals surface area contributed by atoms with Crippen molar-refractivity contribution in [3.05, 3.63) is 77.9 Å². The van der Waals surface area contributed by atoms with Gasteiger partial charge in [0.15, 0.2) is 11.5 Å². The molecular weight excluding hydrogens is 438 g/mol. The number of hydrazone groups is 1. The molecule has 0 atom stereocenters. The van der Waals surface area contributed by atoms with Gasteiger partial charge >= 0.3 is 5.97 Å². The van der Waals surface area contributed by atoms with E-state index in [0.717, 1.165) is 5.69 Å². The highest BCUT2D eigenvalue weighted by molar-refractivity contribution is 5.93. The molecule has 0 heterocycles. The molecule has 9 nitrogen and oxygen atoms in total. The predicted octanol–water partition coefficient (Wildman–Crippen LogP) is 3.49. The van der Waals surface area contributed by atoms with Crippen LogP contribution in [0.2, 0.25) is 0 Å². The molecule has 0 aliphatic heterocycles. The molecule has 0 aromatic heterocycles. The quantitative estimate of drug-likeness (QED) is 0.205. The van der Waals surface area contributed by atoms with E-state index in [1.807, 2.05) is 30.3 Å². The molecule has 0 bridgehead atoms. The topological polar surface area (TPSA) is 107 Å². The molecule has 0 unspecified atom stereocenters. The molecule has 2 N–H and O–H groups in total. The van der Waals surface area contributed by atoms with Gasteiger partial charge in [0.05, 0.1) is 39.7 Å². The summed E-state index contributed by atoms with van der Waals surface area (Å²) in [5.41, 5.74) is 4.25. The molecule has 3 aromatic carbocycles. The maximum Gasteiger partial charge on any atom is 0.343 e. The molecular formula is C25H25N3O6. The molecule has 0 saturated carbocycles. The van der Waals surface area contributed by atoms with Crippen molar-refractivity contribution in [3.8, 4) is 23.0 Å². The van der Waals surface area contributed by atoms with Gasteiger partial charge in [-0.25, -0.2) is 10.2 Å². The zero-order valence-electron chi connectivity index (χ0n) is 19.0. The van der Waals surface area contributed by atoms with E-state index in [1.54, 1.807) is 24.3 Å². The van der Waals surface area contributed by atoms with Crippen LogP contribution in [-0.4, -0.2) is 46.0 Å². The van der Waals surface area contributed by atoms with Gasteiger partial charge in [-0.15, -0.1) is 0 Å². The summed E-state index contributed by atoms with van der Waals surface area (Å²) in [7, 11) is 4.42. The molecule has 0 spiro atoms. The standard InChI is InChI=1S/C25H25N3O6/c1-31-21-13-18(14-22(32-2)24(21)33-3)25(30)34-20-11-9-17(10-12-20)15-27-28-23(29)16-26-19-7-5-4-6-8-19/h4-15,26H,16H2,1-3H3,(H,28,29)/b27-15-. The minimum Gasteiger partial charge on any atom is -0.493 e. The van der Waals surface area contributed by atoms with Crippen LogP contribution in [0.25, 0.3) is 0 Å². The number of carbonyl (C=O) groups excluding carboxylic acids is 2. The first-order chi connectivity index (χ1) is 16.5. The molecule has 34 heavy (non-hydrogen) atoms. The average Bonchev–Trinajstić information content (AvgIpc) is 2.88. The van der Waals surface area contributed by atoms with Crippen LogP contribution in [0.4, 0.5) is 5.69 Å². The lowest BCUT2D eigenvalue weighted by Gasteiger charge is -2.13. The van der Waals surface area contributed by atoms with Crippen LogP contribution in [0, 0.1) is 0 Å². The summed E-state index contributed by atoms with van der Waals surface area (Å²) in [6.07, 6.45) is 1.49. The highest BCUT2D eigenvalue weighted by Gasteiger charge is 2.18. The Morgan fingerprint density at radius 2 is 1.53 bits per heavy atom. The first-order valence-electron chi connectivity index (χ1n) is 10.3. The van der Waals surface area contributed by atoms with Gasteiger partial charge in [0, 0.05) is 5.69 Å². The van der Waals surface area contributed by atoms with Crippen LogP contribution in [0.5, 0.6) is 23.0 Å². The minimum atomic E-state index is -0.584. The number of rotatable bonds is 10. The third-order valence-electron chi connectivity index (χ3n) is 4.62. The number of hydrogen-bond donors (Lipinski definition) is 2. The zero-order valence-corrected chi connectivity index (χ0v) is 19.0. The van der Waals surface area contributed by atoms with E-state index < -0.39 is 5.97 Å². The Balaban J connectivity index is 1.55. The first kappa shape index (κ1) is 24.1. The first-order valence-corrected chi connectivity index (χ1v) is 10.3. The Kier molecular flexibility index (Phi) is 8.45. The van der Waals surface area contributed by atoms with Gasteiger partial charge in [-0.2, -0.15) is 5.10 Å². The van der Waals surface area contributed by atoms with Crippen molar-refractivity contribution in [2.45, 2.75) is 0 Å². The Morgan fingerprint density at radius 3 is 2.12 bits per heavy atom. The van der Waals surface area contributed by atoms with Crippen LogP contribution < -0.4 is 29.7 Å². The largest absolute Gasteiger partial charge is 0.493 e. The summed E-state index contributed by atoms with van der Waals surface area (Å²) in [5.74, 6) is 0.553. The second-order valence-electron chi connectivity index (χ2n) is 6.89. The molecule has 0 radical (unpaired) electrons. The zero-order chi connectivity index (χ0) is 24.3. The van der Waals surface area contributed by atoms with E-state index in [4.69, 9.17) is 18.9 Å². The van der Waals surface area contributed by atoms with Crippen LogP contribution >= 0.6 is 0 Å². The normalized spacial score (nSPS) is 10.4. The van der Waals surface area contributed by atoms with Gasteiger partial charge in [0.25, 0.3) is 5.91 Å². The molecule has 3 rings (SSSR count). The van der Waals surface area contributed by atoms with Crippen molar-refractivity contribution in [1.82, 2.24) is 5.43 Å². The summed E-state index contributed by atoms with van der Waals surface area (Å²) in [4.78, 5) is 24.5. The molecule has 0 fully saturated rings. The average molecular weight is 463 g/mol. The predicted molar refractivity (Wildman–Crippen MR) is 128 cm³/mol. The van der Waals surface area contributed by atoms with Crippen LogP contribution in [0.3, 0.4) is 0 Å². The minimum absolute atomic E-state index is 0.0944. The Labute approximate surface area is 197 Å². The van der Waals surface area contributed by atoms with Gasteiger partial charge in [-0.3, -0.25) is 4.79 Å². The number of para-hydroxylation sites is 1. The Hall–Kier alpha value is -4.53. The van der Waals surface area contributed by atoms with Crippen molar-refractivity contribution < 1.29 is 28.5 Å². The number of nitrogens with zero attached hydrogens (tertiary/aromatic N) is 1. The molecule has 0 aliphatic rings. The van der Waals surface area contributed by atoms with Crippen LogP contribution in [0.15, 0.2) is 71.8 Å². The Morgan fingerprint density at radius 1 is 0.882 bits per heavy atom. The third-order valence-corrected chi connectivity index (χ3v) is 4.62. The lowest BCUT2D eigenvalue weighted by Crippen LogP contribution is -2.25. The maximum absolute atomic E-state index is 12.6. The fourth-order valence-electron chi connectivity index (χ4n) is 2.94. The van der Waals surface area contributed by atoms with Gasteiger partial charge in [0.1, 0.15) is 5.75 Å². The number of ether oxygens (including phenoxy) is 4. The van der Waals surface area contributed by atoms with Gasteiger partial charge in [0.2, 0.25) is 5.75 Å². The summed E-state index contributed by atoms with van der Waals surface area (Å²) in [6, 6.07) is 19.1. The highest BCUT2D eigenvalue weighted by atomic mass is 16.5. The molecule has 0 saturated heterocycles. The second kappa shape index (κ2) is 11.9. The van der Waals surface area contributed by atoms with Gasteiger partial charge in [-0.1, -0.05) is 18.2 Å². The fourth-order valence-corrected chi connectivity index (χ4v) is 2.94. The molecule has 9 heteroatoms. The monoisotopic (exact) mass is 463 g/mol. The lowest BCUT2D eigenvalue weighted by molar-refractivity contribution is -0.119. The number of amides is 1. The molecule has 3 aromatic rings. The van der Waals surface area contributed by atoms with E-state index in [2.05, 4.69) is 15.8 Å². The van der Waals surface area contributed by atoms with E-state index in [-0.39, 0.29) is 18.0 Å². The van der Waals surface area contributed by atoms with Crippen molar-refractivity contribution >= 4 is 23.8 Å². The number of carbonyl (C=O) groups is 2. The molecule has 176 valence electrons. The number of anilines is 1. The molecule has 1 amide bonds. The third kappa shape index (κ3) is 6.49. The van der Waals surface area contributed by atoms with E-state index in [1.165, 1.54) is 39.7 Å². The van der Waals surface area contributed by atoms with E-state index in [0.29, 0.717) is 28.6 Å². The van der Waals surface area contributed by atoms with Crippen LogP contribution in [-0.2, 0) is 4.79 Å². The summed E-state index contributed by atoms with van der Waals surface area (Å²) >= 11 is 0. The highest BCUT2D eigenvalue weighted by Crippen LogP contribution is 2.38. The molecule has 0 aliphatic carbocycles. The van der Waals surface area contributed by atoms with Gasteiger partial charge in [-0.05, 0) is 54.1 Å². The maximum atomic E-state index is 12.6. The summed E-state index contributed by atoms with van der Waals surface area (Å²) in [5, 5.41) is 6.93. The lowest BCUT2D eigenvalue weighted by atomic mass is 10.2. The summed E-state index contributed by atoms with van der Waals surface area (Å²) < 4.78 is 21.2. The van der Waals surface area contributed by atoms with Crippen molar-refractivity contribution in [1.29, 1.82) is 0 Å². The second-order valence-corrected chi connectivity index (χ2v) is 6.89. The number of nitrogens with one attached hydrogen (secondary N) is 2. The van der Waals surface area contributed by atoms with Crippen molar-refractivity contribution in [3.63, 3.8) is 0 Å². The number of methoxy groups -OCH3 is 3. The van der Waals surface area contributed by atoms with E-state index >= 15 is 0 Å². The fraction of sp³-hybridized carbons (Fsp3) is 0.160. The number of benzene rings is 3. The Bertz CT molecular complexity index is 1120. The SMILES string of the molecule is COc1cc(C(=O)Oc2ccc(/C=N\NC(=O)CNc3ccccc3)cc2)cc(OC)c1OC. The van der Waals surface area contributed by atoms with Crippen molar-refractivity contribution in [2.75, 3.05) is 33.2 Å². The number of esters is 1. The van der Waals surface area contributed by atoms with E-state index in [9.17, 15) is 9.59 Å². The smallest absolute Gasteiger partial charge is 0.343 e. The summed E-state index contributed by atoms with van der Waals surface area (Å²) in [6.45, 7) is 0.0944.